The summed E-state index contributed by atoms with van der Waals surface area (Å²) < 4.78 is 199. The van der Waals surface area contributed by atoms with Crippen LogP contribution in [0.2, 0.25) is 0 Å². The molecule has 35 heteroatoms. The van der Waals surface area contributed by atoms with E-state index in [1.165, 1.54) is 0 Å². The highest BCUT2D eigenvalue weighted by Gasteiger charge is 2.26. The lowest BCUT2D eigenvalue weighted by atomic mass is 10.1. The topological polar surface area (TPSA) is 484 Å². The van der Waals surface area contributed by atoms with E-state index in [0.717, 1.165) is 84.9 Å². The van der Waals surface area contributed by atoms with Crippen LogP contribution in [0.4, 0.5) is 38.9 Å². The summed E-state index contributed by atoms with van der Waals surface area (Å²) in [6, 6.07) is 15.1. The molecule has 0 aliphatic rings. The quantitative estimate of drug-likeness (QED) is 0.0613. The fourth-order valence-corrected chi connectivity index (χ4v) is 9.86. The zero-order valence-electron chi connectivity index (χ0n) is 37.1. The van der Waals surface area contributed by atoms with Gasteiger partial charge in [0.1, 0.15) is 9.79 Å². The van der Waals surface area contributed by atoms with Crippen molar-refractivity contribution in [2.45, 2.75) is 29.4 Å². The third-order valence-corrected chi connectivity index (χ3v) is 15.0. The Kier molecular flexibility index (Phi) is 16.0. The summed E-state index contributed by atoms with van der Waals surface area (Å²) >= 11 is 0. The number of nitrogens with one attached hydrogen (secondary N) is 6. The van der Waals surface area contributed by atoms with Gasteiger partial charge in [0, 0.05) is 45.0 Å². The molecule has 6 aromatic rings. The molecule has 400 valence electrons. The average Bonchev–Trinajstić information content (AvgIpc) is 3.29. The molecule has 0 saturated carbocycles. The first-order chi connectivity index (χ1) is 34.9. The normalized spacial score (nSPS) is 12.2. The van der Waals surface area contributed by atoms with E-state index in [1.807, 2.05) is 0 Å². The SMILES string of the molecule is O=C(Nc1cc(C(=O)Nc2ccc(S(=O)(=O)O)cc2)cc(C(=O)Nc2ccc(S(=O)(=O)O)cc2S(=O)(=O)O)c1)Nc1cc(C(=O)Nc2ccc(S(=O)(=O)O)cc2)cc(C(=O)Nc2ccc(S(=O)(=O)O)cc2S(=O)(=O)O)c1. The van der Waals surface area contributed by atoms with E-state index in [0.29, 0.717) is 36.4 Å². The van der Waals surface area contributed by atoms with Gasteiger partial charge in [-0.1, -0.05) is 0 Å². The van der Waals surface area contributed by atoms with Gasteiger partial charge >= 0.3 is 6.03 Å². The molecule has 0 unspecified atom stereocenters. The number of anilines is 6. The number of rotatable bonds is 16. The Morgan fingerprint density at radius 1 is 0.276 bits per heavy atom. The number of hydrogen-bond acceptors (Lipinski definition) is 17. The maximum atomic E-state index is 13.7. The van der Waals surface area contributed by atoms with E-state index < -0.39 is 165 Å². The van der Waals surface area contributed by atoms with Gasteiger partial charge in [-0.2, -0.15) is 50.5 Å². The lowest BCUT2D eigenvalue weighted by Gasteiger charge is -2.15. The van der Waals surface area contributed by atoms with Crippen LogP contribution in [0, 0.1) is 0 Å². The van der Waals surface area contributed by atoms with Gasteiger partial charge in [-0.05, 0) is 121 Å². The number of carbonyl (C=O) groups is 5. The van der Waals surface area contributed by atoms with Crippen molar-refractivity contribution < 1.29 is 102 Å². The molecule has 0 spiro atoms. The second-order valence-electron chi connectivity index (χ2n) is 15.2. The number of urea groups is 1. The Labute approximate surface area is 428 Å². The summed E-state index contributed by atoms with van der Waals surface area (Å²) in [4.78, 5) is 62.8. The fraction of sp³-hybridized carbons (Fsp3) is 0. The van der Waals surface area contributed by atoms with Crippen LogP contribution in [0.15, 0.2) is 151 Å². The van der Waals surface area contributed by atoms with E-state index in [1.54, 1.807) is 0 Å². The lowest BCUT2D eigenvalue weighted by molar-refractivity contribution is 0.101. The summed E-state index contributed by atoms with van der Waals surface area (Å²) in [7, 11) is -30.2. The van der Waals surface area contributed by atoms with Crippen molar-refractivity contribution in [3.05, 3.63) is 144 Å². The number of amides is 6. The minimum absolute atomic E-state index is 0.0977. The van der Waals surface area contributed by atoms with Crippen LogP contribution in [0.5, 0.6) is 0 Å². The summed E-state index contributed by atoms with van der Waals surface area (Å²) in [5, 5.41) is 13.4. The molecule has 0 aliphatic heterocycles. The maximum Gasteiger partial charge on any atom is 0.323 e. The summed E-state index contributed by atoms with van der Waals surface area (Å²) in [5.41, 5.74) is -4.83. The van der Waals surface area contributed by atoms with Crippen molar-refractivity contribution >= 4 is 124 Å². The van der Waals surface area contributed by atoms with Gasteiger partial charge in [-0.25, -0.2) is 4.79 Å². The average molecular weight is 1170 g/mol. The minimum Gasteiger partial charge on any atom is -0.322 e. The predicted octanol–water partition coefficient (Wildman–Crippen LogP) is 3.82. The van der Waals surface area contributed by atoms with Gasteiger partial charge in [0.25, 0.3) is 84.3 Å². The van der Waals surface area contributed by atoms with Crippen LogP contribution in [0.3, 0.4) is 0 Å². The zero-order chi connectivity index (χ0) is 56.5. The van der Waals surface area contributed by atoms with E-state index in [9.17, 15) is 102 Å². The highest BCUT2D eigenvalue weighted by Crippen LogP contribution is 2.29. The first-order valence-corrected chi connectivity index (χ1v) is 28.6. The molecular formula is C41H32N6O23S6. The van der Waals surface area contributed by atoms with Crippen molar-refractivity contribution in [3.63, 3.8) is 0 Å². The molecule has 0 bridgehead atoms. The van der Waals surface area contributed by atoms with Crippen molar-refractivity contribution in [3.8, 4) is 0 Å². The van der Waals surface area contributed by atoms with Crippen molar-refractivity contribution in [2.24, 2.45) is 0 Å². The molecule has 76 heavy (non-hydrogen) atoms. The zero-order valence-corrected chi connectivity index (χ0v) is 42.0. The molecule has 0 radical (unpaired) electrons. The van der Waals surface area contributed by atoms with E-state index in [-0.39, 0.29) is 11.4 Å². The second kappa shape index (κ2) is 21.3. The van der Waals surface area contributed by atoms with Gasteiger partial charge in [0.05, 0.1) is 31.0 Å². The minimum atomic E-state index is -5.35. The van der Waals surface area contributed by atoms with Gasteiger partial charge in [0.15, 0.2) is 0 Å². The Hall–Kier alpha value is -8.07. The molecule has 6 amide bonds. The Balaban J connectivity index is 1.38. The van der Waals surface area contributed by atoms with Gasteiger partial charge in [0.2, 0.25) is 0 Å². The van der Waals surface area contributed by atoms with Crippen LogP contribution in [0.1, 0.15) is 41.4 Å². The highest BCUT2D eigenvalue weighted by molar-refractivity contribution is 7.87. The first-order valence-electron chi connectivity index (χ1n) is 19.9. The van der Waals surface area contributed by atoms with Crippen LogP contribution in [0.25, 0.3) is 0 Å². The van der Waals surface area contributed by atoms with Gasteiger partial charge in [-0.15, -0.1) is 0 Å². The molecule has 0 atom stereocenters. The second-order valence-corrected chi connectivity index (χ2v) is 23.7. The Bertz CT molecular complexity index is 3870. The molecular weight excluding hydrogens is 1140 g/mol. The van der Waals surface area contributed by atoms with Crippen LogP contribution < -0.4 is 31.9 Å². The third kappa shape index (κ3) is 14.6. The van der Waals surface area contributed by atoms with Crippen LogP contribution in [-0.4, -0.2) is 107 Å². The first kappa shape index (κ1) is 57.2. The monoisotopic (exact) mass is 1170 g/mol. The molecule has 29 nitrogen and oxygen atoms in total. The van der Waals surface area contributed by atoms with Crippen molar-refractivity contribution in [1.29, 1.82) is 0 Å². The predicted molar refractivity (Wildman–Crippen MR) is 262 cm³/mol. The van der Waals surface area contributed by atoms with Crippen molar-refractivity contribution in [2.75, 3.05) is 31.9 Å². The Morgan fingerprint density at radius 3 is 0.803 bits per heavy atom. The number of benzene rings is 6. The van der Waals surface area contributed by atoms with E-state index >= 15 is 0 Å². The van der Waals surface area contributed by atoms with Crippen LogP contribution >= 0.6 is 0 Å². The largest absolute Gasteiger partial charge is 0.323 e. The van der Waals surface area contributed by atoms with Crippen LogP contribution in [-0.2, 0) is 60.7 Å². The smallest absolute Gasteiger partial charge is 0.322 e. The molecule has 12 N–H and O–H groups in total. The molecule has 6 rings (SSSR count). The molecule has 0 saturated heterocycles. The lowest BCUT2D eigenvalue weighted by Crippen LogP contribution is -2.23. The molecule has 6 aromatic carbocycles. The van der Waals surface area contributed by atoms with Gasteiger partial charge < -0.3 is 31.9 Å². The van der Waals surface area contributed by atoms with E-state index in [2.05, 4.69) is 31.9 Å². The molecule has 0 fully saturated rings. The molecule has 0 heterocycles. The van der Waals surface area contributed by atoms with E-state index in [4.69, 9.17) is 0 Å². The van der Waals surface area contributed by atoms with Gasteiger partial charge in [-0.3, -0.25) is 46.5 Å². The summed E-state index contributed by atoms with van der Waals surface area (Å²) in [6.45, 7) is 0. The number of carbonyl (C=O) groups excluding carboxylic acids is 5. The number of hydrogen-bond donors (Lipinski definition) is 12. The summed E-state index contributed by atoms with van der Waals surface area (Å²) in [5.74, 6) is -4.79. The fourth-order valence-electron chi connectivity index (χ4n) is 6.39. The summed E-state index contributed by atoms with van der Waals surface area (Å²) in [6.07, 6.45) is 0. The maximum absolute atomic E-state index is 13.7. The molecule has 0 aliphatic carbocycles. The Morgan fingerprint density at radius 2 is 0.539 bits per heavy atom. The standard InChI is InChI=1S/C41H32N6O23S6/c48-37(42-25-1-5-29(6-2-25)71(53,54)55)21-13-23(39(50)46-33-11-9-31(73(59,60)61)19-35(33)75(65,66)67)17-27(15-21)44-41(52)45-28-16-22(38(49)43-26-3-7-30(8-4-26)72(56,57)58)14-24(18-28)40(51)47-34-12-10-32(74(62,63)64)20-36(34)76(68,69)70/h1-20H,(H,42,48)(H,43,49)(H,46,50)(H,47,51)(H2,44,45,52)(H,53,54,55)(H,56,57,58)(H,59,60,61)(H,62,63,64)(H,65,66,67)(H,68,69,70). The molecule has 0 aromatic heterocycles. The third-order valence-electron chi connectivity index (χ3n) is 9.80. The highest BCUT2D eigenvalue weighted by atomic mass is 32.2. The van der Waals surface area contributed by atoms with Crippen molar-refractivity contribution in [1.82, 2.24) is 0 Å².